The minimum Gasteiger partial charge on any atom is -0.370 e. The van der Waals surface area contributed by atoms with Gasteiger partial charge in [-0.25, -0.2) is 4.99 Å². The third-order valence-corrected chi connectivity index (χ3v) is 3.57. The fourth-order valence-electron chi connectivity index (χ4n) is 2.29. The summed E-state index contributed by atoms with van der Waals surface area (Å²) in [4.78, 5) is 4.53. The van der Waals surface area contributed by atoms with E-state index in [-0.39, 0.29) is 0 Å². The molecule has 0 bridgehead atoms. The first-order chi connectivity index (χ1) is 8.60. The molecule has 0 aliphatic heterocycles. The van der Waals surface area contributed by atoms with Gasteiger partial charge >= 0.3 is 0 Å². The minimum atomic E-state index is 0.423. The first kappa shape index (κ1) is 12.9. The summed E-state index contributed by atoms with van der Waals surface area (Å²) in [6.45, 7) is 6.64. The van der Waals surface area contributed by atoms with E-state index in [0.717, 1.165) is 12.1 Å². The molecule has 98 valence electrons. The van der Waals surface area contributed by atoms with Crippen molar-refractivity contribution in [2.75, 3.05) is 5.32 Å². The summed E-state index contributed by atoms with van der Waals surface area (Å²) in [5, 5.41) is 3.18. The smallest absolute Gasteiger partial charge is 0.193 e. The van der Waals surface area contributed by atoms with E-state index in [4.69, 9.17) is 5.73 Å². The highest BCUT2D eigenvalue weighted by Gasteiger charge is 2.39. The summed E-state index contributed by atoms with van der Waals surface area (Å²) >= 11 is 0. The number of hydrogen-bond donors (Lipinski definition) is 2. The number of aryl methyl sites for hydroxylation is 1. The van der Waals surface area contributed by atoms with Gasteiger partial charge in [0.05, 0.1) is 6.04 Å². The zero-order valence-corrected chi connectivity index (χ0v) is 11.5. The molecule has 2 rings (SSSR count). The maximum atomic E-state index is 5.94. The van der Waals surface area contributed by atoms with E-state index in [2.05, 4.69) is 43.2 Å². The van der Waals surface area contributed by atoms with Crippen molar-refractivity contribution in [3.63, 3.8) is 0 Å². The van der Waals surface area contributed by atoms with Crippen LogP contribution in [0.3, 0.4) is 0 Å². The van der Waals surface area contributed by atoms with E-state index in [1.807, 2.05) is 12.1 Å². The monoisotopic (exact) mass is 245 g/mol. The second-order valence-electron chi connectivity index (χ2n) is 5.40. The Balaban J connectivity index is 1.95. The zero-order valence-electron chi connectivity index (χ0n) is 11.5. The van der Waals surface area contributed by atoms with Crippen LogP contribution in [0.15, 0.2) is 29.3 Å². The predicted octanol–water partition coefficient (Wildman–Crippen LogP) is 3.02. The van der Waals surface area contributed by atoms with Gasteiger partial charge in [0, 0.05) is 5.69 Å². The summed E-state index contributed by atoms with van der Waals surface area (Å²) in [6.07, 6.45) is 2.21. The molecule has 0 saturated heterocycles. The first-order valence-electron chi connectivity index (χ1n) is 6.79. The highest BCUT2D eigenvalue weighted by molar-refractivity contribution is 5.92. The molecule has 2 atom stereocenters. The van der Waals surface area contributed by atoms with Gasteiger partial charge in [0.25, 0.3) is 0 Å². The first-order valence-corrected chi connectivity index (χ1v) is 6.79. The van der Waals surface area contributed by atoms with Crippen LogP contribution >= 0.6 is 0 Å². The van der Waals surface area contributed by atoms with Gasteiger partial charge in [0.1, 0.15) is 0 Å². The van der Waals surface area contributed by atoms with Gasteiger partial charge in [-0.3, -0.25) is 0 Å². The molecule has 0 aromatic heterocycles. The number of nitrogens with one attached hydrogen (secondary N) is 1. The van der Waals surface area contributed by atoms with Gasteiger partial charge in [0.2, 0.25) is 0 Å². The number of hydrogen-bond acceptors (Lipinski definition) is 1. The number of guanidine groups is 1. The summed E-state index contributed by atoms with van der Waals surface area (Å²) in [5.41, 5.74) is 8.27. The number of aliphatic imine (C=N–C) groups is 1. The van der Waals surface area contributed by atoms with Crippen LogP contribution < -0.4 is 11.1 Å². The Hall–Kier alpha value is -1.51. The molecule has 0 radical (unpaired) electrons. The average molecular weight is 245 g/mol. The number of nitrogens with two attached hydrogens (primary N) is 1. The molecule has 18 heavy (non-hydrogen) atoms. The van der Waals surface area contributed by atoms with E-state index in [1.54, 1.807) is 0 Å². The van der Waals surface area contributed by atoms with Crippen LogP contribution in [0.2, 0.25) is 0 Å². The average Bonchev–Trinajstić information content (AvgIpc) is 3.08. The van der Waals surface area contributed by atoms with E-state index < -0.39 is 0 Å². The van der Waals surface area contributed by atoms with Gasteiger partial charge in [-0.1, -0.05) is 32.9 Å². The molecular formula is C15H23N3. The third-order valence-electron chi connectivity index (χ3n) is 3.57. The Bertz CT molecular complexity index is 437. The van der Waals surface area contributed by atoms with E-state index >= 15 is 0 Å². The van der Waals surface area contributed by atoms with Crippen molar-refractivity contribution >= 4 is 11.6 Å². The highest BCUT2D eigenvalue weighted by atomic mass is 15.1. The Morgan fingerprint density at radius 3 is 2.89 bits per heavy atom. The molecule has 1 aliphatic carbocycles. The SMILES string of the molecule is CCc1cccc(NC(N)=N[C@@H]2C[C@H]2C(C)C)c1. The lowest BCUT2D eigenvalue weighted by Crippen LogP contribution is -2.23. The van der Waals surface area contributed by atoms with Crippen LogP contribution in [-0.4, -0.2) is 12.0 Å². The summed E-state index contributed by atoms with van der Waals surface area (Å²) in [6, 6.07) is 8.73. The van der Waals surface area contributed by atoms with Gasteiger partial charge in [-0.05, 0) is 42.4 Å². The number of rotatable bonds is 4. The second-order valence-corrected chi connectivity index (χ2v) is 5.40. The maximum absolute atomic E-state index is 5.94. The molecule has 0 heterocycles. The Labute approximate surface area is 109 Å². The van der Waals surface area contributed by atoms with E-state index in [1.165, 1.54) is 12.0 Å². The van der Waals surface area contributed by atoms with Crippen LogP contribution in [0.1, 0.15) is 32.8 Å². The van der Waals surface area contributed by atoms with Crippen molar-refractivity contribution in [1.82, 2.24) is 0 Å². The Morgan fingerprint density at radius 1 is 1.50 bits per heavy atom. The lowest BCUT2D eigenvalue weighted by atomic mass is 10.1. The fourth-order valence-corrected chi connectivity index (χ4v) is 2.29. The summed E-state index contributed by atoms with van der Waals surface area (Å²) in [5.74, 6) is 1.96. The molecular weight excluding hydrogens is 222 g/mol. The lowest BCUT2D eigenvalue weighted by molar-refractivity contribution is 0.548. The molecule has 1 saturated carbocycles. The van der Waals surface area contributed by atoms with Crippen LogP contribution in [-0.2, 0) is 6.42 Å². The van der Waals surface area contributed by atoms with Crippen LogP contribution in [0.25, 0.3) is 0 Å². The van der Waals surface area contributed by atoms with Gasteiger partial charge in [0.15, 0.2) is 5.96 Å². The van der Waals surface area contributed by atoms with Crippen LogP contribution in [0.4, 0.5) is 5.69 Å². The van der Waals surface area contributed by atoms with E-state index in [9.17, 15) is 0 Å². The Morgan fingerprint density at radius 2 is 2.28 bits per heavy atom. The molecule has 1 fully saturated rings. The molecule has 3 N–H and O–H groups in total. The van der Waals surface area contributed by atoms with Crippen molar-refractivity contribution in [1.29, 1.82) is 0 Å². The zero-order chi connectivity index (χ0) is 13.1. The third kappa shape index (κ3) is 3.25. The number of benzene rings is 1. The molecule has 0 spiro atoms. The highest BCUT2D eigenvalue weighted by Crippen LogP contribution is 2.39. The standard InChI is InChI=1S/C15H23N3/c1-4-11-6-5-7-12(8-11)17-15(16)18-14-9-13(14)10(2)3/h5-8,10,13-14H,4,9H2,1-3H3,(H3,16,17,18)/t13-,14+/m0/s1. The lowest BCUT2D eigenvalue weighted by Gasteiger charge is -2.07. The van der Waals surface area contributed by atoms with Crippen molar-refractivity contribution in [2.45, 2.75) is 39.7 Å². The molecule has 1 aromatic carbocycles. The fraction of sp³-hybridized carbons (Fsp3) is 0.533. The number of nitrogens with zero attached hydrogens (tertiary/aromatic N) is 1. The van der Waals surface area contributed by atoms with Crippen molar-refractivity contribution in [2.24, 2.45) is 22.6 Å². The molecule has 0 amide bonds. The van der Waals surface area contributed by atoms with Crippen molar-refractivity contribution < 1.29 is 0 Å². The predicted molar refractivity (Wildman–Crippen MR) is 77.8 cm³/mol. The van der Waals surface area contributed by atoms with Crippen molar-refractivity contribution in [3.05, 3.63) is 29.8 Å². The summed E-state index contributed by atoms with van der Waals surface area (Å²) in [7, 11) is 0. The molecule has 3 nitrogen and oxygen atoms in total. The molecule has 0 unspecified atom stereocenters. The van der Waals surface area contributed by atoms with Gasteiger partial charge in [-0.15, -0.1) is 0 Å². The topological polar surface area (TPSA) is 50.4 Å². The summed E-state index contributed by atoms with van der Waals surface area (Å²) < 4.78 is 0. The van der Waals surface area contributed by atoms with Crippen LogP contribution in [0.5, 0.6) is 0 Å². The Kier molecular flexibility index (Phi) is 3.90. The van der Waals surface area contributed by atoms with Gasteiger partial charge < -0.3 is 11.1 Å². The largest absolute Gasteiger partial charge is 0.370 e. The minimum absolute atomic E-state index is 0.423. The molecule has 3 heteroatoms. The molecule has 1 aliphatic rings. The molecule has 1 aromatic rings. The van der Waals surface area contributed by atoms with Crippen molar-refractivity contribution in [3.8, 4) is 0 Å². The maximum Gasteiger partial charge on any atom is 0.193 e. The number of anilines is 1. The quantitative estimate of drug-likeness (QED) is 0.633. The normalized spacial score (nSPS) is 23.2. The van der Waals surface area contributed by atoms with Gasteiger partial charge in [-0.2, -0.15) is 0 Å². The second kappa shape index (κ2) is 5.42. The van der Waals surface area contributed by atoms with Crippen LogP contribution in [0, 0.1) is 11.8 Å². The van der Waals surface area contributed by atoms with E-state index in [0.29, 0.717) is 23.8 Å².